The van der Waals surface area contributed by atoms with Crippen molar-refractivity contribution in [3.8, 4) is 11.8 Å². The van der Waals surface area contributed by atoms with Crippen LogP contribution in [0.2, 0.25) is 0 Å². The Bertz CT molecular complexity index is 881. The number of aryl methyl sites for hydroxylation is 1. The van der Waals surface area contributed by atoms with Crippen LogP contribution < -0.4 is 4.74 Å². The molecule has 0 aliphatic heterocycles. The Kier molecular flexibility index (Phi) is 4.78. The van der Waals surface area contributed by atoms with Gasteiger partial charge in [0, 0.05) is 6.54 Å². The Balaban J connectivity index is 2.55. The van der Waals surface area contributed by atoms with Gasteiger partial charge in [0.05, 0.1) is 11.6 Å². The first-order chi connectivity index (χ1) is 11.7. The highest BCUT2D eigenvalue weighted by Gasteiger charge is 2.43. The van der Waals surface area contributed by atoms with E-state index in [2.05, 4.69) is 5.10 Å². The van der Waals surface area contributed by atoms with Crippen LogP contribution in [-0.2, 0) is 12.7 Å². The standard InChI is InChI=1S/C15H10F3N3O4/c1-2-21-11(13(22)23)10(12(20-21)15(16,17)18)14(24)25-9-5-3-4-8(6-9)7-19/h3-6H,2H2,1H3,(H,22,23). The summed E-state index contributed by atoms with van der Waals surface area (Å²) in [4.78, 5) is 23.5. The zero-order valence-corrected chi connectivity index (χ0v) is 12.7. The summed E-state index contributed by atoms with van der Waals surface area (Å²) in [6, 6.07) is 6.92. The Morgan fingerprint density at radius 2 is 2.08 bits per heavy atom. The molecule has 0 saturated carbocycles. The Hall–Kier alpha value is -3.35. The molecule has 7 nitrogen and oxygen atoms in total. The van der Waals surface area contributed by atoms with Gasteiger partial charge in [-0.15, -0.1) is 0 Å². The highest BCUT2D eigenvalue weighted by Crippen LogP contribution is 2.33. The molecule has 1 N–H and O–H groups in total. The molecule has 10 heteroatoms. The first kappa shape index (κ1) is 18.0. The van der Waals surface area contributed by atoms with Gasteiger partial charge in [0.1, 0.15) is 11.3 Å². The van der Waals surface area contributed by atoms with Crippen molar-refractivity contribution >= 4 is 11.9 Å². The van der Waals surface area contributed by atoms with E-state index in [1.165, 1.54) is 25.1 Å². The topological polar surface area (TPSA) is 105 Å². The summed E-state index contributed by atoms with van der Waals surface area (Å²) in [5.41, 5.74) is -3.64. The first-order valence-electron chi connectivity index (χ1n) is 6.82. The highest BCUT2D eigenvalue weighted by atomic mass is 19.4. The summed E-state index contributed by atoms with van der Waals surface area (Å²) < 4.78 is 44.8. The molecule has 0 aliphatic carbocycles. The summed E-state index contributed by atoms with van der Waals surface area (Å²) in [5, 5.41) is 21.1. The number of carbonyl (C=O) groups excluding carboxylic acids is 1. The number of aromatic nitrogens is 2. The average molecular weight is 353 g/mol. The minimum atomic E-state index is -5.05. The number of carboxylic acid groups (broad SMARTS) is 1. The highest BCUT2D eigenvalue weighted by molar-refractivity contribution is 6.03. The van der Waals surface area contributed by atoms with Gasteiger partial charge in [0.25, 0.3) is 0 Å². The summed E-state index contributed by atoms with van der Waals surface area (Å²) in [5.74, 6) is -3.47. The van der Waals surface area contributed by atoms with E-state index < -0.39 is 35.1 Å². The molecule has 0 spiro atoms. The summed E-state index contributed by atoms with van der Waals surface area (Å²) in [7, 11) is 0. The Morgan fingerprint density at radius 3 is 2.60 bits per heavy atom. The van der Waals surface area contributed by atoms with Gasteiger partial charge in [0.15, 0.2) is 11.4 Å². The molecule has 0 aliphatic rings. The summed E-state index contributed by atoms with van der Waals surface area (Å²) in [6.07, 6.45) is -5.05. The van der Waals surface area contributed by atoms with E-state index in [0.29, 0.717) is 4.68 Å². The number of nitriles is 1. The van der Waals surface area contributed by atoms with Gasteiger partial charge >= 0.3 is 18.1 Å². The van der Waals surface area contributed by atoms with Crippen molar-refractivity contribution < 1.29 is 32.6 Å². The van der Waals surface area contributed by atoms with Gasteiger partial charge in [-0.2, -0.15) is 23.5 Å². The SMILES string of the molecule is CCn1nc(C(F)(F)F)c(C(=O)Oc2cccc(C#N)c2)c1C(=O)O. The van der Waals surface area contributed by atoms with Crippen molar-refractivity contribution in [2.75, 3.05) is 0 Å². The lowest BCUT2D eigenvalue weighted by Crippen LogP contribution is -2.19. The zero-order valence-electron chi connectivity index (χ0n) is 12.7. The number of hydrogen-bond acceptors (Lipinski definition) is 5. The lowest BCUT2D eigenvalue weighted by atomic mass is 10.1. The quantitative estimate of drug-likeness (QED) is 0.669. The maximum atomic E-state index is 13.1. The fourth-order valence-corrected chi connectivity index (χ4v) is 2.09. The number of nitrogens with zero attached hydrogens (tertiary/aromatic N) is 3. The predicted molar refractivity (Wildman–Crippen MR) is 76.0 cm³/mol. The zero-order chi connectivity index (χ0) is 18.8. The fourth-order valence-electron chi connectivity index (χ4n) is 2.09. The van der Waals surface area contributed by atoms with Crippen LogP contribution in [0.3, 0.4) is 0 Å². The molecular formula is C15H10F3N3O4. The molecule has 130 valence electrons. The van der Waals surface area contributed by atoms with Gasteiger partial charge in [-0.25, -0.2) is 9.59 Å². The minimum Gasteiger partial charge on any atom is -0.476 e. The number of ether oxygens (including phenoxy) is 1. The van der Waals surface area contributed by atoms with Gasteiger partial charge in [-0.05, 0) is 25.1 Å². The molecule has 2 aromatic rings. The molecule has 1 heterocycles. The Labute approximate surface area is 138 Å². The summed E-state index contributed by atoms with van der Waals surface area (Å²) >= 11 is 0. The molecule has 2 rings (SSSR count). The number of esters is 1. The average Bonchev–Trinajstić information content (AvgIpc) is 2.95. The number of carbonyl (C=O) groups is 2. The lowest BCUT2D eigenvalue weighted by Gasteiger charge is -2.08. The van der Waals surface area contributed by atoms with Crippen molar-refractivity contribution in [3.05, 3.63) is 46.8 Å². The molecule has 0 saturated heterocycles. The number of hydrogen-bond donors (Lipinski definition) is 1. The molecule has 1 aromatic heterocycles. The molecular weight excluding hydrogens is 343 g/mol. The van der Waals surface area contributed by atoms with E-state index in [1.807, 2.05) is 0 Å². The van der Waals surface area contributed by atoms with E-state index in [9.17, 15) is 27.9 Å². The number of halogens is 3. The number of alkyl halides is 3. The van der Waals surface area contributed by atoms with Crippen LogP contribution in [0.25, 0.3) is 0 Å². The van der Waals surface area contributed by atoms with Crippen molar-refractivity contribution in [2.45, 2.75) is 19.6 Å². The second-order valence-corrected chi connectivity index (χ2v) is 4.72. The van der Waals surface area contributed by atoms with Gasteiger partial charge < -0.3 is 9.84 Å². The predicted octanol–water partition coefficient (Wildman–Crippen LogP) is 2.71. The van der Waals surface area contributed by atoms with Gasteiger partial charge in [0.2, 0.25) is 0 Å². The van der Waals surface area contributed by atoms with Crippen LogP contribution in [0, 0.1) is 11.3 Å². The van der Waals surface area contributed by atoms with Crippen molar-refractivity contribution in [3.63, 3.8) is 0 Å². The normalized spacial score (nSPS) is 11.0. The van der Waals surface area contributed by atoms with E-state index in [-0.39, 0.29) is 17.9 Å². The molecule has 0 amide bonds. The molecule has 0 atom stereocenters. The lowest BCUT2D eigenvalue weighted by molar-refractivity contribution is -0.141. The van der Waals surface area contributed by atoms with E-state index in [0.717, 1.165) is 6.07 Å². The maximum Gasteiger partial charge on any atom is 0.436 e. The third-order valence-corrected chi connectivity index (χ3v) is 3.10. The van der Waals surface area contributed by atoms with E-state index in [1.54, 1.807) is 6.07 Å². The molecule has 0 fully saturated rings. The van der Waals surface area contributed by atoms with Crippen LogP contribution in [-0.4, -0.2) is 26.8 Å². The van der Waals surface area contributed by atoms with Crippen molar-refractivity contribution in [2.24, 2.45) is 0 Å². The largest absolute Gasteiger partial charge is 0.476 e. The fraction of sp³-hybridized carbons (Fsp3) is 0.200. The minimum absolute atomic E-state index is 0.115. The van der Waals surface area contributed by atoms with Crippen LogP contribution in [0.15, 0.2) is 24.3 Å². The first-order valence-corrected chi connectivity index (χ1v) is 6.82. The van der Waals surface area contributed by atoms with Crippen LogP contribution in [0.1, 0.15) is 39.0 Å². The molecule has 0 unspecified atom stereocenters. The second-order valence-electron chi connectivity index (χ2n) is 4.72. The smallest absolute Gasteiger partial charge is 0.436 e. The third-order valence-electron chi connectivity index (χ3n) is 3.10. The van der Waals surface area contributed by atoms with Crippen LogP contribution in [0.4, 0.5) is 13.2 Å². The maximum absolute atomic E-state index is 13.1. The second kappa shape index (κ2) is 6.64. The number of carboxylic acids is 1. The van der Waals surface area contributed by atoms with Crippen molar-refractivity contribution in [1.29, 1.82) is 5.26 Å². The number of rotatable bonds is 4. The molecule has 0 bridgehead atoms. The van der Waals surface area contributed by atoms with Crippen LogP contribution >= 0.6 is 0 Å². The van der Waals surface area contributed by atoms with Gasteiger partial charge in [-0.3, -0.25) is 4.68 Å². The van der Waals surface area contributed by atoms with E-state index in [4.69, 9.17) is 10.00 Å². The third kappa shape index (κ3) is 3.60. The molecule has 0 radical (unpaired) electrons. The Morgan fingerprint density at radius 1 is 1.40 bits per heavy atom. The monoisotopic (exact) mass is 353 g/mol. The van der Waals surface area contributed by atoms with E-state index >= 15 is 0 Å². The molecule has 25 heavy (non-hydrogen) atoms. The number of benzene rings is 1. The van der Waals surface area contributed by atoms with Crippen molar-refractivity contribution in [1.82, 2.24) is 9.78 Å². The molecule has 1 aromatic carbocycles. The number of aromatic carboxylic acids is 1. The van der Waals surface area contributed by atoms with Gasteiger partial charge in [-0.1, -0.05) is 6.07 Å². The summed E-state index contributed by atoms with van der Waals surface area (Å²) in [6.45, 7) is 1.19. The van der Waals surface area contributed by atoms with Crippen LogP contribution in [0.5, 0.6) is 5.75 Å².